The first-order chi connectivity index (χ1) is 8.15. The van der Waals surface area contributed by atoms with Crippen molar-refractivity contribution in [3.63, 3.8) is 0 Å². The van der Waals surface area contributed by atoms with E-state index in [9.17, 15) is 4.79 Å². The second-order valence-electron chi connectivity index (χ2n) is 3.61. The van der Waals surface area contributed by atoms with Gasteiger partial charge in [-0.2, -0.15) is 0 Å². The van der Waals surface area contributed by atoms with E-state index in [1.165, 1.54) is 0 Å². The highest BCUT2D eigenvalue weighted by Gasteiger charge is 2.05. The summed E-state index contributed by atoms with van der Waals surface area (Å²) in [7, 11) is 0. The monoisotopic (exact) mass is 251 g/mol. The van der Waals surface area contributed by atoms with Gasteiger partial charge in [0.1, 0.15) is 4.99 Å². The van der Waals surface area contributed by atoms with E-state index < -0.39 is 0 Å². The van der Waals surface area contributed by atoms with E-state index in [0.717, 1.165) is 17.7 Å². The van der Waals surface area contributed by atoms with Crippen LogP contribution in [-0.2, 0) is 4.79 Å². The van der Waals surface area contributed by atoms with Crippen LogP contribution in [0.3, 0.4) is 0 Å². The highest BCUT2D eigenvalue weighted by atomic mass is 32.1. The van der Waals surface area contributed by atoms with Gasteiger partial charge in [-0.1, -0.05) is 31.3 Å². The number of benzene rings is 1. The number of carbonyl (C=O) groups is 1. The molecule has 1 aromatic rings. The molecule has 0 bridgehead atoms. The highest BCUT2D eigenvalue weighted by Crippen LogP contribution is 2.14. The number of anilines is 1. The minimum absolute atomic E-state index is 0.0374. The van der Waals surface area contributed by atoms with Gasteiger partial charge >= 0.3 is 0 Å². The van der Waals surface area contributed by atoms with Crippen molar-refractivity contribution >= 4 is 28.8 Å². The summed E-state index contributed by atoms with van der Waals surface area (Å²) in [5, 5.41) is 5.81. The maximum atomic E-state index is 11.4. The molecule has 5 heteroatoms. The summed E-state index contributed by atoms with van der Waals surface area (Å²) in [5.41, 5.74) is 7.13. The number of nitrogens with one attached hydrogen (secondary N) is 2. The molecule has 92 valence electrons. The number of nitrogens with two attached hydrogens (primary N) is 1. The van der Waals surface area contributed by atoms with Crippen molar-refractivity contribution in [3.05, 3.63) is 29.8 Å². The topological polar surface area (TPSA) is 67.2 Å². The molecule has 0 spiro atoms. The van der Waals surface area contributed by atoms with Gasteiger partial charge in [0.15, 0.2) is 0 Å². The van der Waals surface area contributed by atoms with Crippen molar-refractivity contribution in [2.24, 2.45) is 5.73 Å². The summed E-state index contributed by atoms with van der Waals surface area (Å²) in [5.74, 6) is -0.0374. The van der Waals surface area contributed by atoms with Crippen LogP contribution in [-0.4, -0.2) is 24.0 Å². The number of hydrogen-bond donors (Lipinski definition) is 3. The van der Waals surface area contributed by atoms with Crippen LogP contribution in [0.5, 0.6) is 0 Å². The van der Waals surface area contributed by atoms with Crippen molar-refractivity contribution in [2.45, 2.75) is 13.3 Å². The summed E-state index contributed by atoms with van der Waals surface area (Å²) in [6.45, 7) is 2.92. The molecular formula is C12H17N3OS. The molecule has 0 saturated heterocycles. The molecular weight excluding hydrogens is 234 g/mol. The molecule has 1 aromatic carbocycles. The largest absolute Gasteiger partial charge is 0.389 e. The Morgan fingerprint density at radius 1 is 1.41 bits per heavy atom. The van der Waals surface area contributed by atoms with E-state index in [1.54, 1.807) is 0 Å². The second kappa shape index (κ2) is 6.85. The van der Waals surface area contributed by atoms with E-state index in [2.05, 4.69) is 10.6 Å². The summed E-state index contributed by atoms with van der Waals surface area (Å²) in [6.07, 6.45) is 0.926. The van der Waals surface area contributed by atoms with Crippen LogP contribution in [0, 0.1) is 0 Å². The molecule has 1 rings (SSSR count). The number of thiocarbonyl (C=S) groups is 1. The summed E-state index contributed by atoms with van der Waals surface area (Å²) >= 11 is 4.94. The first-order valence-corrected chi connectivity index (χ1v) is 5.95. The third-order valence-electron chi connectivity index (χ3n) is 2.20. The van der Waals surface area contributed by atoms with Crippen molar-refractivity contribution < 1.29 is 4.79 Å². The zero-order valence-corrected chi connectivity index (χ0v) is 10.6. The Hall–Kier alpha value is -1.62. The number of carbonyl (C=O) groups excluding carboxylic acids is 1. The predicted octanol–water partition coefficient (Wildman–Crippen LogP) is 1.26. The van der Waals surface area contributed by atoms with Gasteiger partial charge in [-0.15, -0.1) is 0 Å². The van der Waals surface area contributed by atoms with Gasteiger partial charge in [0.2, 0.25) is 5.91 Å². The second-order valence-corrected chi connectivity index (χ2v) is 4.05. The van der Waals surface area contributed by atoms with Crippen LogP contribution in [0.1, 0.15) is 18.9 Å². The molecule has 17 heavy (non-hydrogen) atoms. The SMILES string of the molecule is CCCNC(=O)CNc1ccccc1C(N)=S. The normalized spacial score (nSPS) is 9.71. The average molecular weight is 251 g/mol. The summed E-state index contributed by atoms with van der Waals surface area (Å²) in [4.78, 5) is 11.7. The first kappa shape index (κ1) is 13.4. The quantitative estimate of drug-likeness (QED) is 0.666. The van der Waals surface area contributed by atoms with Crippen molar-refractivity contribution in [1.29, 1.82) is 0 Å². The molecule has 4 N–H and O–H groups in total. The molecule has 4 nitrogen and oxygen atoms in total. The van der Waals surface area contributed by atoms with Crippen LogP contribution < -0.4 is 16.4 Å². The summed E-state index contributed by atoms with van der Waals surface area (Å²) in [6, 6.07) is 7.40. The lowest BCUT2D eigenvalue weighted by atomic mass is 10.2. The van der Waals surface area contributed by atoms with Crippen LogP contribution in [0.15, 0.2) is 24.3 Å². The average Bonchev–Trinajstić information content (AvgIpc) is 2.34. The molecule has 0 aliphatic rings. The Balaban J connectivity index is 2.57. The van der Waals surface area contributed by atoms with Gasteiger partial charge in [0.25, 0.3) is 0 Å². The van der Waals surface area contributed by atoms with E-state index in [-0.39, 0.29) is 12.5 Å². The molecule has 0 unspecified atom stereocenters. The fourth-order valence-electron chi connectivity index (χ4n) is 1.35. The number of rotatable bonds is 6. The fraction of sp³-hybridized carbons (Fsp3) is 0.333. The van der Waals surface area contributed by atoms with Gasteiger partial charge < -0.3 is 16.4 Å². The lowest BCUT2D eigenvalue weighted by Crippen LogP contribution is -2.30. The highest BCUT2D eigenvalue weighted by molar-refractivity contribution is 7.80. The van der Waals surface area contributed by atoms with Gasteiger partial charge in [-0.3, -0.25) is 4.79 Å². The molecule has 0 fully saturated rings. The zero-order valence-electron chi connectivity index (χ0n) is 9.82. The Labute approximate surface area is 107 Å². The molecule has 0 heterocycles. The predicted molar refractivity (Wildman–Crippen MR) is 74.1 cm³/mol. The van der Waals surface area contributed by atoms with Gasteiger partial charge in [-0.05, 0) is 18.6 Å². The number of hydrogen-bond acceptors (Lipinski definition) is 3. The van der Waals surface area contributed by atoms with Crippen molar-refractivity contribution in [1.82, 2.24) is 5.32 Å². The smallest absolute Gasteiger partial charge is 0.239 e. The van der Waals surface area contributed by atoms with Gasteiger partial charge in [0.05, 0.1) is 6.54 Å². The van der Waals surface area contributed by atoms with E-state index in [0.29, 0.717) is 11.5 Å². The minimum atomic E-state index is -0.0374. The molecule has 0 radical (unpaired) electrons. The lowest BCUT2D eigenvalue weighted by Gasteiger charge is -2.10. The molecule has 0 aliphatic carbocycles. The maximum absolute atomic E-state index is 11.4. The Kier molecular flexibility index (Phi) is 5.42. The minimum Gasteiger partial charge on any atom is -0.389 e. The first-order valence-electron chi connectivity index (χ1n) is 5.54. The van der Waals surface area contributed by atoms with Crippen LogP contribution in [0.2, 0.25) is 0 Å². The fourth-order valence-corrected chi connectivity index (χ4v) is 1.53. The van der Waals surface area contributed by atoms with Crippen molar-refractivity contribution in [2.75, 3.05) is 18.4 Å². The van der Waals surface area contributed by atoms with E-state index in [4.69, 9.17) is 18.0 Å². The number of para-hydroxylation sites is 1. The molecule has 0 atom stereocenters. The van der Waals surface area contributed by atoms with Crippen molar-refractivity contribution in [3.8, 4) is 0 Å². The number of amides is 1. The van der Waals surface area contributed by atoms with E-state index >= 15 is 0 Å². The standard InChI is InChI=1S/C12H17N3OS/c1-2-7-14-11(16)8-15-10-6-4-3-5-9(10)12(13)17/h3-6,15H,2,7-8H2,1H3,(H2,13,17)(H,14,16). The molecule has 1 amide bonds. The lowest BCUT2D eigenvalue weighted by molar-refractivity contribution is -0.119. The third-order valence-corrected chi connectivity index (χ3v) is 2.42. The van der Waals surface area contributed by atoms with Gasteiger partial charge in [-0.25, -0.2) is 0 Å². The Morgan fingerprint density at radius 2 is 2.12 bits per heavy atom. The van der Waals surface area contributed by atoms with Crippen LogP contribution in [0.25, 0.3) is 0 Å². The molecule has 0 aliphatic heterocycles. The third kappa shape index (κ3) is 4.40. The van der Waals surface area contributed by atoms with Gasteiger partial charge in [0, 0.05) is 17.8 Å². The van der Waals surface area contributed by atoms with Crippen LogP contribution >= 0.6 is 12.2 Å². The van der Waals surface area contributed by atoms with E-state index in [1.807, 2.05) is 31.2 Å². The Bertz CT molecular complexity index is 406. The Morgan fingerprint density at radius 3 is 2.76 bits per heavy atom. The maximum Gasteiger partial charge on any atom is 0.239 e. The van der Waals surface area contributed by atoms with Crippen LogP contribution in [0.4, 0.5) is 5.69 Å². The summed E-state index contributed by atoms with van der Waals surface area (Å²) < 4.78 is 0. The molecule has 0 saturated carbocycles. The zero-order chi connectivity index (χ0) is 12.7. The molecule has 0 aromatic heterocycles.